The minimum absolute atomic E-state index is 0. The summed E-state index contributed by atoms with van der Waals surface area (Å²) < 4.78 is 5.24. The van der Waals surface area contributed by atoms with E-state index in [9.17, 15) is 4.79 Å². The first kappa shape index (κ1) is 16.8. The van der Waals surface area contributed by atoms with Crippen LogP contribution in [0.1, 0.15) is 5.56 Å². The first-order chi connectivity index (χ1) is 9.15. The van der Waals surface area contributed by atoms with Crippen LogP contribution in [0.2, 0.25) is 0 Å². The molecule has 1 aromatic carbocycles. The largest absolute Gasteiger partial charge is 0.399 e. The molecule has 0 saturated carbocycles. The van der Waals surface area contributed by atoms with E-state index in [1.165, 1.54) is 0 Å². The number of nitrogens with two attached hydrogens (primary N) is 1. The molecule has 1 aliphatic heterocycles. The molecule has 1 aromatic rings. The van der Waals surface area contributed by atoms with Gasteiger partial charge < -0.3 is 15.4 Å². The van der Waals surface area contributed by atoms with Crippen LogP contribution in [0.25, 0.3) is 0 Å². The van der Waals surface area contributed by atoms with Gasteiger partial charge in [0, 0.05) is 25.3 Å². The molecule has 6 heteroatoms. The van der Waals surface area contributed by atoms with Crippen LogP contribution in [-0.4, -0.2) is 55.6 Å². The number of nitrogen functional groups attached to an aromatic ring is 1. The molecular weight excluding hydrogens is 278 g/mol. The maximum absolute atomic E-state index is 12.1. The van der Waals surface area contributed by atoms with Gasteiger partial charge in [0.1, 0.15) is 0 Å². The van der Waals surface area contributed by atoms with Crippen molar-refractivity contribution in [1.29, 1.82) is 0 Å². The third kappa shape index (κ3) is 5.00. The maximum atomic E-state index is 12.1. The molecule has 1 heterocycles. The van der Waals surface area contributed by atoms with Gasteiger partial charge in [-0.05, 0) is 24.7 Å². The Morgan fingerprint density at radius 2 is 2.10 bits per heavy atom. The summed E-state index contributed by atoms with van der Waals surface area (Å²) in [5, 5.41) is 0. The van der Waals surface area contributed by atoms with E-state index in [0.29, 0.717) is 32.8 Å². The lowest BCUT2D eigenvalue weighted by Crippen LogP contribution is -2.44. The molecule has 1 saturated heterocycles. The van der Waals surface area contributed by atoms with Gasteiger partial charge in [0.25, 0.3) is 0 Å². The van der Waals surface area contributed by atoms with E-state index in [2.05, 4.69) is 0 Å². The zero-order chi connectivity index (χ0) is 13.7. The molecular formula is C14H22ClN3O2. The van der Waals surface area contributed by atoms with E-state index in [0.717, 1.165) is 17.8 Å². The minimum atomic E-state index is 0. The summed E-state index contributed by atoms with van der Waals surface area (Å²) in [5.74, 6) is 0.162. The third-order valence-electron chi connectivity index (χ3n) is 3.17. The van der Waals surface area contributed by atoms with E-state index in [4.69, 9.17) is 10.5 Å². The Morgan fingerprint density at radius 3 is 2.75 bits per heavy atom. The molecule has 0 spiro atoms. The number of likely N-dealkylation sites (N-methyl/N-ethyl adjacent to an activating group) is 1. The van der Waals surface area contributed by atoms with Crippen molar-refractivity contribution in [2.24, 2.45) is 0 Å². The normalized spacial score (nSPS) is 15.0. The smallest absolute Gasteiger partial charge is 0.236 e. The Kier molecular flexibility index (Phi) is 6.78. The molecule has 2 rings (SSSR count). The van der Waals surface area contributed by atoms with Crippen LogP contribution < -0.4 is 5.73 Å². The van der Waals surface area contributed by atoms with E-state index in [1.54, 1.807) is 0 Å². The van der Waals surface area contributed by atoms with Crippen molar-refractivity contribution in [3.05, 3.63) is 29.8 Å². The van der Waals surface area contributed by atoms with Gasteiger partial charge in [-0.1, -0.05) is 12.1 Å². The lowest BCUT2D eigenvalue weighted by atomic mass is 10.2. The van der Waals surface area contributed by atoms with Gasteiger partial charge in [-0.15, -0.1) is 12.4 Å². The fourth-order valence-electron chi connectivity index (χ4n) is 2.20. The van der Waals surface area contributed by atoms with Gasteiger partial charge in [-0.2, -0.15) is 0 Å². The molecule has 0 atom stereocenters. The lowest BCUT2D eigenvalue weighted by Gasteiger charge is -2.28. The van der Waals surface area contributed by atoms with Crippen LogP contribution in [0, 0.1) is 0 Å². The fraction of sp³-hybridized carbons (Fsp3) is 0.500. The second-order valence-corrected chi connectivity index (χ2v) is 4.91. The number of hydrogen-bond acceptors (Lipinski definition) is 4. The van der Waals surface area contributed by atoms with Gasteiger partial charge >= 0.3 is 0 Å². The zero-order valence-electron chi connectivity index (χ0n) is 11.7. The minimum Gasteiger partial charge on any atom is -0.399 e. The molecule has 1 fully saturated rings. The molecule has 1 amide bonds. The van der Waals surface area contributed by atoms with E-state index >= 15 is 0 Å². The average molecular weight is 300 g/mol. The SMILES string of the molecule is CN(CC(=O)N1CCOCC1)Cc1cccc(N)c1.Cl. The molecule has 0 aliphatic carbocycles. The molecule has 2 N–H and O–H groups in total. The monoisotopic (exact) mass is 299 g/mol. The highest BCUT2D eigenvalue weighted by atomic mass is 35.5. The predicted octanol–water partition coefficient (Wildman–Crippen LogP) is 0.981. The summed E-state index contributed by atoms with van der Waals surface area (Å²) >= 11 is 0. The Hall–Kier alpha value is -1.30. The van der Waals surface area contributed by atoms with Crippen LogP contribution in [0.4, 0.5) is 5.69 Å². The van der Waals surface area contributed by atoms with Crippen LogP contribution >= 0.6 is 12.4 Å². The second-order valence-electron chi connectivity index (χ2n) is 4.91. The quantitative estimate of drug-likeness (QED) is 0.842. The first-order valence-corrected chi connectivity index (χ1v) is 6.53. The Morgan fingerprint density at radius 1 is 1.40 bits per heavy atom. The predicted molar refractivity (Wildman–Crippen MR) is 81.8 cm³/mol. The van der Waals surface area contributed by atoms with Crippen LogP contribution in [-0.2, 0) is 16.1 Å². The number of rotatable bonds is 4. The van der Waals surface area contributed by atoms with Crippen LogP contribution in [0.3, 0.4) is 0 Å². The summed E-state index contributed by atoms with van der Waals surface area (Å²) in [4.78, 5) is 15.9. The highest BCUT2D eigenvalue weighted by Gasteiger charge is 2.18. The summed E-state index contributed by atoms with van der Waals surface area (Å²) in [7, 11) is 1.95. The summed E-state index contributed by atoms with van der Waals surface area (Å²) in [6, 6.07) is 7.76. The first-order valence-electron chi connectivity index (χ1n) is 6.53. The van der Waals surface area contributed by atoms with Gasteiger partial charge in [0.05, 0.1) is 19.8 Å². The van der Waals surface area contributed by atoms with Gasteiger partial charge in [-0.3, -0.25) is 9.69 Å². The summed E-state index contributed by atoms with van der Waals surface area (Å²) in [5.41, 5.74) is 7.62. The number of amides is 1. The Balaban J connectivity index is 0.00000200. The van der Waals surface area contributed by atoms with Crippen molar-refractivity contribution in [3.8, 4) is 0 Å². The van der Waals surface area contributed by atoms with Crippen LogP contribution in [0.15, 0.2) is 24.3 Å². The Bertz CT molecular complexity index is 436. The van der Waals surface area contributed by atoms with Crippen molar-refractivity contribution in [2.45, 2.75) is 6.54 Å². The third-order valence-corrected chi connectivity index (χ3v) is 3.17. The van der Waals surface area contributed by atoms with Crippen LogP contribution in [0.5, 0.6) is 0 Å². The van der Waals surface area contributed by atoms with Gasteiger partial charge in [0.15, 0.2) is 0 Å². The van der Waals surface area contributed by atoms with E-state index in [1.807, 2.05) is 41.1 Å². The summed E-state index contributed by atoms with van der Waals surface area (Å²) in [6.07, 6.45) is 0. The molecule has 20 heavy (non-hydrogen) atoms. The number of hydrogen-bond donors (Lipinski definition) is 1. The molecule has 0 radical (unpaired) electrons. The number of carbonyl (C=O) groups excluding carboxylic acids is 1. The Labute approximate surface area is 126 Å². The molecule has 0 unspecified atom stereocenters. The molecule has 0 aromatic heterocycles. The van der Waals surface area contributed by atoms with Crippen molar-refractivity contribution < 1.29 is 9.53 Å². The number of ether oxygens (including phenoxy) is 1. The number of nitrogens with zero attached hydrogens (tertiary/aromatic N) is 2. The standard InChI is InChI=1S/C14H21N3O2.ClH/c1-16(10-12-3-2-4-13(15)9-12)11-14(18)17-5-7-19-8-6-17;/h2-4,9H,5-8,10-11,15H2,1H3;1H. The second kappa shape index (κ2) is 8.09. The molecule has 5 nitrogen and oxygen atoms in total. The molecule has 1 aliphatic rings. The van der Waals surface area contributed by atoms with Crippen molar-refractivity contribution >= 4 is 24.0 Å². The fourth-order valence-corrected chi connectivity index (χ4v) is 2.20. The topological polar surface area (TPSA) is 58.8 Å². The van der Waals surface area contributed by atoms with Crippen molar-refractivity contribution in [1.82, 2.24) is 9.80 Å². The number of anilines is 1. The highest BCUT2D eigenvalue weighted by Crippen LogP contribution is 2.09. The highest BCUT2D eigenvalue weighted by molar-refractivity contribution is 5.85. The molecule has 0 bridgehead atoms. The van der Waals surface area contributed by atoms with Crippen molar-refractivity contribution in [3.63, 3.8) is 0 Å². The number of benzene rings is 1. The van der Waals surface area contributed by atoms with Gasteiger partial charge in [-0.25, -0.2) is 0 Å². The maximum Gasteiger partial charge on any atom is 0.236 e. The lowest BCUT2D eigenvalue weighted by molar-refractivity contribution is -0.136. The molecule has 112 valence electrons. The van der Waals surface area contributed by atoms with Gasteiger partial charge in [0.2, 0.25) is 5.91 Å². The van der Waals surface area contributed by atoms with E-state index < -0.39 is 0 Å². The van der Waals surface area contributed by atoms with E-state index in [-0.39, 0.29) is 18.3 Å². The number of halogens is 1. The van der Waals surface area contributed by atoms with Crippen molar-refractivity contribution in [2.75, 3.05) is 45.6 Å². The number of carbonyl (C=O) groups is 1. The number of morpholine rings is 1. The summed E-state index contributed by atoms with van der Waals surface area (Å²) in [6.45, 7) is 3.83. The zero-order valence-corrected chi connectivity index (χ0v) is 12.6. The average Bonchev–Trinajstić information content (AvgIpc) is 2.39.